The molecule has 1 aromatic heterocycles. The molecule has 0 fully saturated rings. The smallest absolute Gasteiger partial charge is 0.300 e. The first-order valence-corrected chi connectivity index (χ1v) is 6.52. The molecule has 1 heterocycles. The number of nitrogens with two attached hydrogens (primary N) is 1. The summed E-state index contributed by atoms with van der Waals surface area (Å²) in [5, 5.41) is 0. The maximum atomic E-state index is 11.2. The molecule has 0 aliphatic heterocycles. The minimum Gasteiger partial charge on any atom is -0.456 e. The van der Waals surface area contributed by atoms with Crippen LogP contribution in [0.4, 0.5) is 0 Å². The molecular weight excluding hydrogens is 224 g/mol. The molecule has 0 saturated heterocycles. The van der Waals surface area contributed by atoms with Crippen LogP contribution in [0.1, 0.15) is 41.6 Å². The third kappa shape index (κ3) is 3.57. The lowest BCUT2D eigenvalue weighted by Crippen LogP contribution is -2.29. The van der Waals surface area contributed by atoms with Gasteiger partial charge in [0.25, 0.3) is 0 Å². The molecule has 5 heteroatoms. The number of carbonyl (C=O) groups is 1. The molecule has 4 nitrogen and oxygen atoms in total. The number of thioether (sulfide) groups is 1. The predicted octanol–water partition coefficient (Wildman–Crippen LogP) is 2.22. The summed E-state index contributed by atoms with van der Waals surface area (Å²) in [6.45, 7) is 4.04. The molecule has 0 bridgehead atoms. The summed E-state index contributed by atoms with van der Waals surface area (Å²) in [5.41, 5.74) is 3.13. The number of nitrogen functional groups attached to an aromatic ring is 1. The Morgan fingerprint density at radius 1 is 1.62 bits per heavy atom. The van der Waals surface area contributed by atoms with Crippen LogP contribution in [0.15, 0.2) is 10.5 Å². The molecule has 0 spiro atoms. The maximum absolute atomic E-state index is 11.2. The van der Waals surface area contributed by atoms with Gasteiger partial charge in [0.15, 0.2) is 5.76 Å². The van der Waals surface area contributed by atoms with Crippen LogP contribution in [0.2, 0.25) is 0 Å². The van der Waals surface area contributed by atoms with E-state index in [0.29, 0.717) is 0 Å². The fourth-order valence-corrected chi connectivity index (χ4v) is 2.42. The number of unbranched alkanes of at least 4 members (excludes halogenated alkanes) is 1. The molecule has 0 unspecified atom stereocenters. The van der Waals surface area contributed by atoms with Gasteiger partial charge in [-0.25, -0.2) is 5.84 Å². The summed E-state index contributed by atoms with van der Waals surface area (Å²) in [7, 11) is 0. The summed E-state index contributed by atoms with van der Waals surface area (Å²) in [4.78, 5) is 11.2. The number of aryl methyl sites for hydroxylation is 1. The first-order valence-electron chi connectivity index (χ1n) is 5.37. The quantitative estimate of drug-likeness (QED) is 0.347. The van der Waals surface area contributed by atoms with E-state index in [9.17, 15) is 4.79 Å². The van der Waals surface area contributed by atoms with E-state index in [1.807, 2.05) is 18.7 Å². The highest BCUT2D eigenvalue weighted by molar-refractivity contribution is 7.98. The second kappa shape index (κ2) is 6.60. The van der Waals surface area contributed by atoms with Crippen molar-refractivity contribution in [1.82, 2.24) is 5.43 Å². The van der Waals surface area contributed by atoms with Crippen molar-refractivity contribution in [2.45, 2.75) is 32.4 Å². The van der Waals surface area contributed by atoms with Gasteiger partial charge in [-0.2, -0.15) is 11.8 Å². The van der Waals surface area contributed by atoms with Gasteiger partial charge in [0, 0.05) is 11.3 Å². The highest BCUT2D eigenvalue weighted by atomic mass is 32.2. The molecule has 0 radical (unpaired) electrons. The van der Waals surface area contributed by atoms with Crippen molar-refractivity contribution in [2.24, 2.45) is 5.84 Å². The van der Waals surface area contributed by atoms with Crippen molar-refractivity contribution >= 4 is 17.7 Å². The maximum Gasteiger partial charge on any atom is 0.300 e. The first-order chi connectivity index (χ1) is 7.69. The van der Waals surface area contributed by atoms with Crippen molar-refractivity contribution < 1.29 is 9.21 Å². The number of nitrogens with one attached hydrogen (secondary N) is 1. The van der Waals surface area contributed by atoms with Crippen molar-refractivity contribution in [1.29, 1.82) is 0 Å². The van der Waals surface area contributed by atoms with Gasteiger partial charge in [-0.1, -0.05) is 13.3 Å². The highest BCUT2D eigenvalue weighted by Gasteiger charge is 2.12. The number of carbonyl (C=O) groups excluding carboxylic acids is 1. The Morgan fingerprint density at radius 2 is 2.38 bits per heavy atom. The van der Waals surface area contributed by atoms with Crippen LogP contribution in [0.25, 0.3) is 0 Å². The molecule has 0 atom stereocenters. The molecular formula is C11H18N2O2S. The molecule has 0 saturated carbocycles. The highest BCUT2D eigenvalue weighted by Crippen LogP contribution is 2.20. The molecule has 16 heavy (non-hydrogen) atoms. The van der Waals surface area contributed by atoms with Crippen LogP contribution >= 0.6 is 11.8 Å². The molecule has 3 N–H and O–H groups in total. The minimum absolute atomic E-state index is 0.283. The monoisotopic (exact) mass is 242 g/mol. The van der Waals surface area contributed by atoms with E-state index in [1.54, 1.807) is 6.07 Å². The topological polar surface area (TPSA) is 68.3 Å². The van der Waals surface area contributed by atoms with Gasteiger partial charge in [-0.05, 0) is 25.2 Å². The SMILES string of the molecule is CCCCSCc1cc(C(=O)NN)oc1C. The Kier molecular flexibility index (Phi) is 5.42. The third-order valence-corrected chi connectivity index (χ3v) is 3.37. The zero-order valence-corrected chi connectivity index (χ0v) is 10.5. The normalized spacial score (nSPS) is 10.4. The number of hydrogen-bond donors (Lipinski definition) is 2. The summed E-state index contributed by atoms with van der Waals surface area (Å²) in [6.07, 6.45) is 2.43. The number of furan rings is 1. The second-order valence-corrected chi connectivity index (χ2v) is 4.68. The van der Waals surface area contributed by atoms with Crippen LogP contribution in [0.3, 0.4) is 0 Å². The van der Waals surface area contributed by atoms with E-state index in [1.165, 1.54) is 12.8 Å². The molecule has 1 amide bonds. The lowest BCUT2D eigenvalue weighted by atomic mass is 10.3. The van der Waals surface area contributed by atoms with E-state index >= 15 is 0 Å². The molecule has 1 rings (SSSR count). The Balaban J connectivity index is 2.53. The van der Waals surface area contributed by atoms with Gasteiger partial charge in [-0.3, -0.25) is 10.2 Å². The van der Waals surface area contributed by atoms with E-state index in [-0.39, 0.29) is 11.7 Å². The van der Waals surface area contributed by atoms with Crippen molar-refractivity contribution in [3.8, 4) is 0 Å². The van der Waals surface area contributed by atoms with Gasteiger partial charge < -0.3 is 4.42 Å². The first kappa shape index (κ1) is 13.1. The zero-order chi connectivity index (χ0) is 12.0. The van der Waals surface area contributed by atoms with E-state index in [0.717, 1.165) is 22.8 Å². The minimum atomic E-state index is -0.382. The lowest BCUT2D eigenvalue weighted by molar-refractivity contribution is 0.0924. The predicted molar refractivity (Wildman–Crippen MR) is 66.2 cm³/mol. The molecule has 0 aliphatic rings. The van der Waals surface area contributed by atoms with Crippen molar-refractivity contribution in [3.05, 3.63) is 23.2 Å². The van der Waals surface area contributed by atoms with E-state index in [4.69, 9.17) is 10.3 Å². The lowest BCUT2D eigenvalue weighted by Gasteiger charge is -1.98. The van der Waals surface area contributed by atoms with Crippen LogP contribution in [0, 0.1) is 6.92 Å². The van der Waals surface area contributed by atoms with Gasteiger partial charge in [-0.15, -0.1) is 0 Å². The van der Waals surface area contributed by atoms with Gasteiger partial charge in [0.2, 0.25) is 0 Å². The summed E-state index contributed by atoms with van der Waals surface area (Å²) < 4.78 is 5.32. The fourth-order valence-electron chi connectivity index (χ4n) is 1.27. The Labute approximate surface area is 99.9 Å². The van der Waals surface area contributed by atoms with Crippen LogP contribution in [-0.4, -0.2) is 11.7 Å². The van der Waals surface area contributed by atoms with Gasteiger partial charge in [0.05, 0.1) is 0 Å². The van der Waals surface area contributed by atoms with Gasteiger partial charge in [0.1, 0.15) is 5.76 Å². The Bertz CT molecular complexity index is 350. The number of hydrazine groups is 1. The largest absolute Gasteiger partial charge is 0.456 e. The Hall–Kier alpha value is -0.940. The second-order valence-electron chi connectivity index (χ2n) is 3.57. The van der Waals surface area contributed by atoms with Gasteiger partial charge >= 0.3 is 5.91 Å². The molecule has 1 aromatic rings. The van der Waals surface area contributed by atoms with Crippen molar-refractivity contribution in [3.63, 3.8) is 0 Å². The van der Waals surface area contributed by atoms with E-state index in [2.05, 4.69) is 12.3 Å². The van der Waals surface area contributed by atoms with Crippen LogP contribution < -0.4 is 11.3 Å². The number of rotatable bonds is 6. The third-order valence-electron chi connectivity index (χ3n) is 2.28. The van der Waals surface area contributed by atoms with Crippen LogP contribution in [-0.2, 0) is 5.75 Å². The standard InChI is InChI=1S/C11H18N2O2S/c1-3-4-5-16-7-9-6-10(11(14)13-12)15-8(9)2/h6H,3-5,7,12H2,1-2H3,(H,13,14). The molecule has 90 valence electrons. The zero-order valence-electron chi connectivity index (χ0n) is 9.71. The summed E-state index contributed by atoms with van der Waals surface area (Å²) in [6, 6.07) is 1.76. The molecule has 0 aromatic carbocycles. The number of amides is 1. The average Bonchev–Trinajstić information content (AvgIpc) is 2.65. The fraction of sp³-hybridized carbons (Fsp3) is 0.545. The van der Waals surface area contributed by atoms with Crippen LogP contribution in [0.5, 0.6) is 0 Å². The van der Waals surface area contributed by atoms with Crippen molar-refractivity contribution in [2.75, 3.05) is 5.75 Å². The Morgan fingerprint density at radius 3 is 3.00 bits per heavy atom. The average molecular weight is 242 g/mol. The number of hydrogen-bond acceptors (Lipinski definition) is 4. The summed E-state index contributed by atoms with van der Waals surface area (Å²) in [5.74, 6) is 7.75. The molecule has 0 aliphatic carbocycles. The van der Waals surface area contributed by atoms with E-state index < -0.39 is 0 Å². The summed E-state index contributed by atoms with van der Waals surface area (Å²) >= 11 is 1.85.